The Hall–Kier alpha value is -3.82. The molecule has 0 radical (unpaired) electrons. The molecule has 30 heavy (non-hydrogen) atoms. The minimum absolute atomic E-state index is 0.0507. The van der Waals surface area contributed by atoms with Gasteiger partial charge in [-0.3, -0.25) is 14.1 Å². The Balaban J connectivity index is 1.74. The summed E-state index contributed by atoms with van der Waals surface area (Å²) in [7, 11) is 0. The molecule has 1 aromatic carbocycles. The van der Waals surface area contributed by atoms with E-state index in [1.54, 1.807) is 12.1 Å². The fourth-order valence-electron chi connectivity index (χ4n) is 2.86. The molecule has 0 saturated heterocycles. The molecule has 0 aliphatic carbocycles. The summed E-state index contributed by atoms with van der Waals surface area (Å²) in [6.07, 6.45) is 3.64. The number of nitrogens with zero attached hydrogens (tertiary/aromatic N) is 5. The van der Waals surface area contributed by atoms with Crippen molar-refractivity contribution < 1.29 is 14.1 Å². The lowest BCUT2D eigenvalue weighted by atomic mass is 10.2. The molecule has 0 spiro atoms. The zero-order chi connectivity index (χ0) is 21.5. The van der Waals surface area contributed by atoms with E-state index in [0.717, 1.165) is 10.1 Å². The maximum atomic E-state index is 12.9. The van der Waals surface area contributed by atoms with Gasteiger partial charge in [0.25, 0.3) is 0 Å². The van der Waals surface area contributed by atoms with E-state index >= 15 is 0 Å². The number of carbonyl (C=O) groups is 2. The van der Waals surface area contributed by atoms with E-state index in [0.29, 0.717) is 18.7 Å². The third-order valence-electron chi connectivity index (χ3n) is 4.35. The maximum absolute atomic E-state index is 12.9. The molecule has 3 rings (SSSR count). The van der Waals surface area contributed by atoms with Crippen LogP contribution in [0.4, 0.5) is 5.69 Å². The standard InChI is InChI=1S/C20H22N6O4/c1-3-11-25(12-16(27)23-15-8-5-4-7-14(15)2)17(28)13-26-19(24-30-20(26)29)18-21-9-6-10-22-18/h4-10H,3,11-13H2,1-2H3,(H,23,27). The largest absolute Gasteiger partial charge is 0.442 e. The van der Waals surface area contributed by atoms with E-state index in [9.17, 15) is 14.4 Å². The molecule has 0 aliphatic heterocycles. The average Bonchev–Trinajstić information content (AvgIpc) is 3.10. The minimum Gasteiger partial charge on any atom is -0.332 e. The molecule has 0 saturated carbocycles. The van der Waals surface area contributed by atoms with E-state index in [1.807, 2.05) is 32.0 Å². The summed E-state index contributed by atoms with van der Waals surface area (Å²) in [6, 6.07) is 9.00. The van der Waals surface area contributed by atoms with Gasteiger partial charge in [0.2, 0.25) is 17.6 Å². The number of rotatable bonds is 8. The lowest BCUT2D eigenvalue weighted by Crippen LogP contribution is -2.41. The van der Waals surface area contributed by atoms with E-state index in [4.69, 9.17) is 4.52 Å². The summed E-state index contributed by atoms with van der Waals surface area (Å²) < 4.78 is 5.75. The number of hydrogen-bond acceptors (Lipinski definition) is 7. The predicted molar refractivity (Wildman–Crippen MR) is 108 cm³/mol. The van der Waals surface area contributed by atoms with Gasteiger partial charge in [-0.2, -0.15) is 0 Å². The molecule has 0 unspecified atom stereocenters. The van der Waals surface area contributed by atoms with Crippen molar-refractivity contribution in [3.8, 4) is 11.6 Å². The molecule has 156 valence electrons. The van der Waals surface area contributed by atoms with Crippen molar-refractivity contribution in [2.75, 3.05) is 18.4 Å². The van der Waals surface area contributed by atoms with Gasteiger partial charge in [-0.25, -0.2) is 19.3 Å². The zero-order valence-corrected chi connectivity index (χ0v) is 16.7. The van der Waals surface area contributed by atoms with Crippen LogP contribution < -0.4 is 11.1 Å². The predicted octanol–water partition coefficient (Wildman–Crippen LogP) is 1.48. The molecule has 10 heteroatoms. The molecule has 2 heterocycles. The summed E-state index contributed by atoms with van der Waals surface area (Å²) in [6.45, 7) is 3.66. The molecule has 2 aromatic heterocycles. The van der Waals surface area contributed by atoms with Crippen LogP contribution in [-0.4, -0.2) is 49.5 Å². The lowest BCUT2D eigenvalue weighted by Gasteiger charge is -2.22. The van der Waals surface area contributed by atoms with Gasteiger partial charge in [0.1, 0.15) is 6.54 Å². The van der Waals surface area contributed by atoms with Gasteiger partial charge in [0.05, 0.1) is 6.54 Å². The Labute approximate surface area is 172 Å². The second-order valence-electron chi connectivity index (χ2n) is 6.61. The molecule has 0 fully saturated rings. The fraction of sp³-hybridized carbons (Fsp3) is 0.300. The van der Waals surface area contributed by atoms with Crippen molar-refractivity contribution in [2.45, 2.75) is 26.8 Å². The number of carbonyl (C=O) groups excluding carboxylic acids is 2. The summed E-state index contributed by atoms with van der Waals surface area (Å²) >= 11 is 0. The van der Waals surface area contributed by atoms with E-state index < -0.39 is 11.7 Å². The molecular formula is C20H22N6O4. The highest BCUT2D eigenvalue weighted by atomic mass is 16.5. The fourth-order valence-corrected chi connectivity index (χ4v) is 2.86. The van der Waals surface area contributed by atoms with Gasteiger partial charge in [0, 0.05) is 24.6 Å². The zero-order valence-electron chi connectivity index (χ0n) is 16.7. The SMILES string of the molecule is CCCN(CC(=O)Nc1ccccc1C)C(=O)Cn1c(-c2ncccn2)noc1=O. The molecule has 0 atom stereocenters. The molecule has 3 aromatic rings. The second-order valence-corrected chi connectivity index (χ2v) is 6.61. The number of amides is 2. The first kappa shape index (κ1) is 20.9. The quantitative estimate of drug-likeness (QED) is 0.596. The number of hydrogen-bond donors (Lipinski definition) is 1. The molecule has 0 bridgehead atoms. The number of benzene rings is 1. The van der Waals surface area contributed by atoms with Crippen LogP contribution in [0.3, 0.4) is 0 Å². The Morgan fingerprint density at radius 2 is 1.90 bits per heavy atom. The lowest BCUT2D eigenvalue weighted by molar-refractivity contribution is -0.135. The number of para-hydroxylation sites is 1. The smallest absolute Gasteiger partial charge is 0.332 e. The molecule has 1 N–H and O–H groups in total. The van der Waals surface area contributed by atoms with Gasteiger partial charge in [-0.05, 0) is 31.0 Å². The second kappa shape index (κ2) is 9.59. The van der Waals surface area contributed by atoms with Gasteiger partial charge in [-0.15, -0.1) is 0 Å². The van der Waals surface area contributed by atoms with Gasteiger partial charge in [-0.1, -0.05) is 30.3 Å². The van der Waals surface area contributed by atoms with E-state index in [-0.39, 0.29) is 30.6 Å². The number of anilines is 1. The van der Waals surface area contributed by atoms with Crippen molar-refractivity contribution in [3.63, 3.8) is 0 Å². The van der Waals surface area contributed by atoms with E-state index in [1.165, 1.54) is 17.3 Å². The summed E-state index contributed by atoms with van der Waals surface area (Å²) in [5.41, 5.74) is 1.60. The number of nitrogens with one attached hydrogen (secondary N) is 1. The van der Waals surface area contributed by atoms with Crippen molar-refractivity contribution in [2.24, 2.45) is 0 Å². The van der Waals surface area contributed by atoms with Crippen molar-refractivity contribution in [3.05, 3.63) is 58.8 Å². The topological polar surface area (TPSA) is 123 Å². The normalized spacial score (nSPS) is 10.6. The van der Waals surface area contributed by atoms with Crippen LogP contribution in [-0.2, 0) is 16.1 Å². The van der Waals surface area contributed by atoms with Gasteiger partial charge in [0.15, 0.2) is 5.82 Å². The highest BCUT2D eigenvalue weighted by Crippen LogP contribution is 2.13. The monoisotopic (exact) mass is 410 g/mol. The first-order valence-electron chi connectivity index (χ1n) is 9.46. The van der Waals surface area contributed by atoms with Crippen molar-refractivity contribution in [1.29, 1.82) is 0 Å². The first-order valence-corrected chi connectivity index (χ1v) is 9.46. The van der Waals surface area contributed by atoms with Crippen LogP contribution >= 0.6 is 0 Å². The first-order chi connectivity index (χ1) is 14.5. The molecule has 10 nitrogen and oxygen atoms in total. The van der Waals surface area contributed by atoms with Crippen LogP contribution in [0, 0.1) is 6.92 Å². The summed E-state index contributed by atoms with van der Waals surface area (Å²) in [5.74, 6) is -1.33. The highest BCUT2D eigenvalue weighted by Gasteiger charge is 2.22. The summed E-state index contributed by atoms with van der Waals surface area (Å²) in [4.78, 5) is 46.9. The van der Waals surface area contributed by atoms with Crippen LogP contribution in [0.25, 0.3) is 11.6 Å². The van der Waals surface area contributed by atoms with Gasteiger partial charge >= 0.3 is 5.76 Å². The van der Waals surface area contributed by atoms with Crippen molar-refractivity contribution in [1.82, 2.24) is 24.6 Å². The highest BCUT2D eigenvalue weighted by molar-refractivity contribution is 5.95. The Kier molecular flexibility index (Phi) is 6.68. The Morgan fingerprint density at radius 1 is 1.17 bits per heavy atom. The van der Waals surface area contributed by atoms with Crippen LogP contribution in [0.2, 0.25) is 0 Å². The maximum Gasteiger partial charge on any atom is 0.442 e. The summed E-state index contributed by atoms with van der Waals surface area (Å²) in [5, 5.41) is 6.48. The third kappa shape index (κ3) is 4.96. The van der Waals surface area contributed by atoms with Gasteiger partial charge < -0.3 is 10.2 Å². The number of aryl methyl sites for hydroxylation is 1. The molecular weight excluding hydrogens is 388 g/mol. The van der Waals surface area contributed by atoms with Crippen LogP contribution in [0.15, 0.2) is 52.0 Å². The third-order valence-corrected chi connectivity index (χ3v) is 4.35. The Bertz CT molecular complexity index is 1080. The van der Waals surface area contributed by atoms with Crippen LogP contribution in [0.5, 0.6) is 0 Å². The van der Waals surface area contributed by atoms with Crippen LogP contribution in [0.1, 0.15) is 18.9 Å². The minimum atomic E-state index is -0.799. The van der Waals surface area contributed by atoms with E-state index in [2.05, 4.69) is 20.4 Å². The van der Waals surface area contributed by atoms with Crippen molar-refractivity contribution >= 4 is 17.5 Å². The molecule has 2 amide bonds. The number of aromatic nitrogens is 4. The average molecular weight is 410 g/mol. The Morgan fingerprint density at radius 3 is 2.60 bits per heavy atom. The molecule has 0 aliphatic rings.